The van der Waals surface area contributed by atoms with Gasteiger partial charge in [-0.25, -0.2) is 24.0 Å². The number of hydrogen-bond acceptors (Lipinski definition) is 19. The van der Waals surface area contributed by atoms with Crippen molar-refractivity contribution in [3.05, 3.63) is 209 Å². The maximum Gasteiger partial charge on any atom is 0.384 e. The first-order chi connectivity index (χ1) is 38.6. The number of esters is 7. The van der Waals surface area contributed by atoms with Crippen molar-refractivity contribution >= 4 is 78.4 Å². The average Bonchev–Trinajstić information content (AvgIpc) is 3.86. The number of ether oxygens (including phenoxy) is 6. The molecule has 1 aromatic rings. The van der Waals surface area contributed by atoms with E-state index in [2.05, 4.69) is 107 Å². The van der Waals surface area contributed by atoms with E-state index in [9.17, 15) is 47.9 Å². The van der Waals surface area contributed by atoms with E-state index in [4.69, 9.17) is 14.9 Å². The van der Waals surface area contributed by atoms with Crippen molar-refractivity contribution < 1.29 is 86.0 Å². The highest BCUT2D eigenvalue weighted by molar-refractivity contribution is 6.14. The van der Waals surface area contributed by atoms with E-state index in [0.29, 0.717) is 0 Å². The van der Waals surface area contributed by atoms with E-state index in [-0.39, 0.29) is 42.3 Å². The minimum atomic E-state index is -0.759. The molecular formula is C63H81NO18. The second-order valence-corrected chi connectivity index (χ2v) is 12.6. The van der Waals surface area contributed by atoms with Crippen LogP contribution in [-0.2, 0) is 86.0 Å². The topological polar surface area (TPSA) is 284 Å². The number of benzene rings is 1. The van der Waals surface area contributed by atoms with E-state index in [0.717, 1.165) is 34.6 Å². The molecule has 1 saturated heterocycles. The molecule has 0 aromatic heterocycles. The summed E-state index contributed by atoms with van der Waals surface area (Å²) in [6.07, 6.45) is 26.3. The zero-order valence-electron chi connectivity index (χ0n) is 49.0. The third kappa shape index (κ3) is 128. The summed E-state index contributed by atoms with van der Waals surface area (Å²) in [4.78, 5) is 118. The number of carbonyl (C=O) groups is 10. The number of nitriles is 1. The summed E-state index contributed by atoms with van der Waals surface area (Å²) < 4.78 is 25.0. The Hall–Kier alpha value is -10.8. The maximum absolute atomic E-state index is 10.3. The van der Waals surface area contributed by atoms with E-state index in [1.54, 1.807) is 49.4 Å². The third-order valence-electron chi connectivity index (χ3n) is 5.83. The van der Waals surface area contributed by atoms with Crippen molar-refractivity contribution in [3.8, 4) is 17.9 Å². The van der Waals surface area contributed by atoms with Gasteiger partial charge in [0.15, 0.2) is 17.3 Å². The second-order valence-electron chi connectivity index (χ2n) is 12.6. The highest BCUT2D eigenvalue weighted by Gasteiger charge is 2.19. The molecule has 0 saturated carbocycles. The monoisotopic (exact) mass is 1140 g/mol. The summed E-state index contributed by atoms with van der Waals surface area (Å²) >= 11 is 0. The summed E-state index contributed by atoms with van der Waals surface area (Å²) in [5.41, 5.74) is 1.02. The molecule has 1 aliphatic carbocycles. The first-order valence-corrected chi connectivity index (χ1v) is 22.8. The number of allylic oxidation sites excluding steroid dienone is 15. The van der Waals surface area contributed by atoms with E-state index in [1.165, 1.54) is 85.0 Å². The molecule has 19 nitrogen and oxygen atoms in total. The smallest absolute Gasteiger partial charge is 0.384 e. The lowest BCUT2D eigenvalue weighted by Gasteiger charge is -1.89. The Morgan fingerprint density at radius 3 is 0.963 bits per heavy atom. The molecule has 1 heterocycles. The van der Waals surface area contributed by atoms with Crippen LogP contribution < -0.4 is 10.4 Å². The van der Waals surface area contributed by atoms with Crippen LogP contribution in [0.4, 0.5) is 0 Å². The molecular weight excluding hydrogens is 1060 g/mol. The Labute approximate surface area is 484 Å². The van der Waals surface area contributed by atoms with Gasteiger partial charge in [0.1, 0.15) is 0 Å². The molecule has 82 heavy (non-hydrogen) atoms. The standard InChI is InChI=1S/C8H8.C6H8O4.C6H6O4.C6H4O2.C5H8O2.2C5H8.C4H4O3.C4H6O.C4H6.C3H3N.2C3H6.CO2/c1-7-5-3-4-6-8(7)2;2*1-9-5(7)3-4-6(8)10-2;7-5-1-2-6(8)4-3-5;1-3-4-5(6)7-2;1-4-5(2)3;1-3-5-4-2;5-3-1-2-4(6)7-3;1-3-4(2)5;1-3-4-2;1-2-3-4;2*1-3-2;2-1-3/h3-6H,1-2H2;3-4H,1-2H3;1-2H3;1-4H;3-4H,1-2H3;4H,1-2H2,3H3;3-4H,1-2,5H2;1-2H2;3H,1H2,2H3;3-4H,1-2H2;2H,1H2;2*3H,1H2,2H3;/b;4-3-;;;4-3+;;;;;;;;;. The number of methoxy groups -OCH3 is 5. The van der Waals surface area contributed by atoms with Crippen LogP contribution in [0.3, 0.4) is 0 Å². The highest BCUT2D eigenvalue weighted by atomic mass is 16.6. The van der Waals surface area contributed by atoms with E-state index >= 15 is 0 Å². The van der Waals surface area contributed by atoms with Crippen molar-refractivity contribution in [2.75, 3.05) is 35.5 Å². The van der Waals surface area contributed by atoms with Crippen LogP contribution in [0.2, 0.25) is 0 Å². The summed E-state index contributed by atoms with van der Waals surface area (Å²) in [5, 5.41) is 9.52. The first-order valence-electron chi connectivity index (χ1n) is 22.8. The van der Waals surface area contributed by atoms with Gasteiger partial charge >= 0.3 is 47.9 Å². The van der Waals surface area contributed by atoms with Gasteiger partial charge in [-0.1, -0.05) is 131 Å². The predicted molar refractivity (Wildman–Crippen MR) is 321 cm³/mol. The number of rotatable bonds is 8. The van der Waals surface area contributed by atoms with Crippen LogP contribution in [0.1, 0.15) is 53.9 Å². The molecule has 0 bridgehead atoms. The molecule has 1 aromatic carbocycles. The fourth-order valence-corrected chi connectivity index (χ4v) is 2.23. The first kappa shape index (κ1) is 96.9. The Morgan fingerprint density at radius 2 is 0.841 bits per heavy atom. The molecule has 446 valence electrons. The van der Waals surface area contributed by atoms with Gasteiger partial charge in [-0.3, -0.25) is 24.0 Å². The van der Waals surface area contributed by atoms with Gasteiger partial charge in [-0.2, -0.15) is 14.9 Å². The highest BCUT2D eigenvalue weighted by Crippen LogP contribution is 2.04. The molecule has 1 aliphatic heterocycles. The molecule has 0 unspecified atom stereocenters. The van der Waals surface area contributed by atoms with Gasteiger partial charge in [0.05, 0.1) is 54.5 Å². The second kappa shape index (κ2) is 86.9. The molecule has 2 aliphatic rings. The van der Waals surface area contributed by atoms with Crippen LogP contribution >= 0.6 is 0 Å². The molecule has 0 spiro atoms. The Bertz CT molecular complexity index is 2340. The van der Waals surface area contributed by atoms with Crippen LogP contribution in [0.25, 0.3) is 13.2 Å². The SMILES string of the molecule is C/C=C/C(=O)OC.C=CC.C=CC.C=CC#N.C=CC(=C)C.C=CC(C)=O.C=CC=C.C=CCC=C.C=c1ccccc1=C.COC(=O)/C=C\C(=O)OC.COC(=O)C#CC(=O)OC.O=C1C=CC(=O)C=C1.O=C1CCC(=O)O1.O=C=O. The Kier molecular flexibility index (Phi) is 103. The molecule has 3 rings (SSSR count). The van der Waals surface area contributed by atoms with Crippen molar-refractivity contribution in [2.24, 2.45) is 0 Å². The summed E-state index contributed by atoms with van der Waals surface area (Å²) in [5.74, 6) is -0.202. The van der Waals surface area contributed by atoms with Gasteiger partial charge in [-0.15, -0.1) is 26.3 Å². The predicted octanol–water partition coefficient (Wildman–Crippen LogP) is 8.68. The molecule has 19 heteroatoms. The quantitative estimate of drug-likeness (QED) is 0.0225. The Morgan fingerprint density at radius 1 is 0.573 bits per heavy atom. The zero-order valence-corrected chi connectivity index (χ0v) is 49.0. The molecule has 0 N–H and O–H groups in total. The Balaban J connectivity index is -0.0000000748. The number of cyclic esters (lactones) is 2. The van der Waals surface area contributed by atoms with Gasteiger partial charge in [0.25, 0.3) is 0 Å². The number of ketones is 3. The zero-order chi connectivity index (χ0) is 66.5. The molecule has 1 fully saturated rings. The minimum absolute atomic E-state index is 0.0185. The van der Waals surface area contributed by atoms with Crippen molar-refractivity contribution in [1.82, 2.24) is 0 Å². The minimum Gasteiger partial charge on any atom is -0.466 e. The lowest BCUT2D eigenvalue weighted by Crippen LogP contribution is -2.19. The van der Waals surface area contributed by atoms with Gasteiger partial charge in [0, 0.05) is 36.1 Å². The van der Waals surface area contributed by atoms with Crippen LogP contribution in [0.5, 0.6) is 0 Å². The lowest BCUT2D eigenvalue weighted by molar-refractivity contribution is -0.192. The summed E-state index contributed by atoms with van der Waals surface area (Å²) in [6, 6.07) is 9.50. The van der Waals surface area contributed by atoms with E-state index in [1.807, 2.05) is 69.0 Å². The van der Waals surface area contributed by atoms with Gasteiger partial charge in [0.2, 0.25) is 0 Å². The third-order valence-corrected chi connectivity index (χ3v) is 5.83. The molecule has 0 radical (unpaired) electrons. The molecule has 0 amide bonds. The van der Waals surface area contributed by atoms with Crippen molar-refractivity contribution in [3.63, 3.8) is 0 Å². The number of hydrogen-bond donors (Lipinski definition) is 0. The van der Waals surface area contributed by atoms with Gasteiger partial charge < -0.3 is 28.4 Å². The van der Waals surface area contributed by atoms with Crippen LogP contribution in [-0.4, -0.2) is 101 Å². The lowest BCUT2D eigenvalue weighted by atomic mass is 10.2. The maximum atomic E-state index is 10.3. The fraction of sp³-hybridized carbons (Fsp3) is 0.206. The number of carbonyl (C=O) groups excluding carboxylic acids is 12. The number of nitrogens with zero attached hydrogens (tertiary/aromatic N) is 1. The normalized spacial score (nSPS) is 9.13. The largest absolute Gasteiger partial charge is 0.466 e. The van der Waals surface area contributed by atoms with Crippen LogP contribution in [0, 0.1) is 23.2 Å². The molecule has 0 atom stereocenters. The average molecular weight is 1140 g/mol. The van der Waals surface area contributed by atoms with Gasteiger partial charge in [-0.05, 0) is 81.9 Å². The van der Waals surface area contributed by atoms with Crippen molar-refractivity contribution in [1.29, 1.82) is 5.26 Å². The van der Waals surface area contributed by atoms with Crippen LogP contribution in [0.15, 0.2) is 199 Å². The fourth-order valence-electron chi connectivity index (χ4n) is 2.23. The van der Waals surface area contributed by atoms with E-state index < -0.39 is 35.8 Å². The van der Waals surface area contributed by atoms with Crippen molar-refractivity contribution in [2.45, 2.75) is 53.9 Å². The summed E-state index contributed by atoms with van der Waals surface area (Å²) in [7, 11) is 6.15. The summed E-state index contributed by atoms with van der Waals surface area (Å²) in [6.45, 7) is 50.2.